The van der Waals surface area contributed by atoms with Crippen LogP contribution in [0.4, 0.5) is 8.78 Å². The van der Waals surface area contributed by atoms with Gasteiger partial charge in [-0.1, -0.05) is 35.9 Å². The molecule has 3 aromatic rings. The maximum absolute atomic E-state index is 12.3. The van der Waals surface area contributed by atoms with Crippen LogP contribution in [0.3, 0.4) is 0 Å². The van der Waals surface area contributed by atoms with Crippen LogP contribution in [0.25, 0.3) is 10.9 Å². The van der Waals surface area contributed by atoms with E-state index >= 15 is 0 Å². The van der Waals surface area contributed by atoms with E-state index in [1.807, 2.05) is 12.1 Å². The van der Waals surface area contributed by atoms with E-state index in [1.165, 1.54) is 25.3 Å². The van der Waals surface area contributed by atoms with Crippen LogP contribution in [0, 0.1) is 0 Å². The average molecular weight is 382 g/mol. The van der Waals surface area contributed by atoms with Gasteiger partial charge in [-0.25, -0.2) is 4.79 Å². The Balaban J connectivity index is 1.73. The molecule has 136 valence electrons. The smallest absolute Gasteiger partial charge is 0.387 e. The first-order chi connectivity index (χ1) is 12.5. The van der Waals surface area contributed by atoms with Gasteiger partial charge in [-0.3, -0.25) is 0 Å². The van der Waals surface area contributed by atoms with Crippen LogP contribution in [0.1, 0.15) is 16.1 Å². The molecule has 0 atom stereocenters. The van der Waals surface area contributed by atoms with Gasteiger partial charge in [0.2, 0.25) is 0 Å². The third-order valence-electron chi connectivity index (χ3n) is 3.66. The van der Waals surface area contributed by atoms with Crippen molar-refractivity contribution in [2.45, 2.75) is 13.2 Å². The first kappa shape index (κ1) is 18.0. The molecule has 1 heterocycles. The largest absolute Gasteiger partial charge is 0.493 e. The number of ether oxygens (including phenoxy) is 3. The molecule has 5 nitrogen and oxygen atoms in total. The molecule has 0 radical (unpaired) electrons. The highest BCUT2D eigenvalue weighted by atomic mass is 35.5. The van der Waals surface area contributed by atoms with E-state index in [9.17, 15) is 13.6 Å². The van der Waals surface area contributed by atoms with Gasteiger partial charge >= 0.3 is 12.6 Å². The number of esters is 1. The third kappa shape index (κ3) is 3.72. The third-order valence-corrected chi connectivity index (χ3v) is 4.05. The summed E-state index contributed by atoms with van der Waals surface area (Å²) in [5, 5.41) is 1.00. The molecule has 0 spiro atoms. The highest BCUT2D eigenvalue weighted by Crippen LogP contribution is 2.30. The van der Waals surface area contributed by atoms with Gasteiger partial charge in [-0.05, 0) is 23.8 Å². The van der Waals surface area contributed by atoms with Gasteiger partial charge in [0.15, 0.2) is 11.5 Å². The molecular weight excluding hydrogens is 368 g/mol. The van der Waals surface area contributed by atoms with Crippen molar-refractivity contribution in [1.29, 1.82) is 0 Å². The van der Waals surface area contributed by atoms with Crippen LogP contribution in [0.15, 0.2) is 42.5 Å². The molecule has 0 unspecified atom stereocenters. The molecule has 8 heteroatoms. The number of hydrogen-bond acceptors (Lipinski definition) is 4. The molecule has 26 heavy (non-hydrogen) atoms. The number of para-hydroxylation sites is 1. The molecule has 0 fully saturated rings. The number of rotatable bonds is 6. The van der Waals surface area contributed by atoms with Crippen molar-refractivity contribution in [2.75, 3.05) is 7.11 Å². The SMILES string of the molecule is COc1cc(COC(=O)c2[nH]c3ccccc3c2Cl)ccc1OC(F)F. The van der Waals surface area contributed by atoms with Gasteiger partial charge in [0.25, 0.3) is 0 Å². The molecule has 1 N–H and O–H groups in total. The van der Waals surface area contributed by atoms with Crippen molar-refractivity contribution < 1.29 is 27.8 Å². The van der Waals surface area contributed by atoms with E-state index in [-0.39, 0.29) is 28.8 Å². The zero-order valence-electron chi connectivity index (χ0n) is 13.6. The predicted octanol–water partition coefficient (Wildman–Crippen LogP) is 4.79. The monoisotopic (exact) mass is 381 g/mol. The first-order valence-corrected chi connectivity index (χ1v) is 7.92. The molecule has 1 aromatic heterocycles. The fourth-order valence-electron chi connectivity index (χ4n) is 2.46. The Labute approximate surface area is 152 Å². The molecule has 0 aliphatic rings. The summed E-state index contributed by atoms with van der Waals surface area (Å²) in [6.07, 6.45) is 0. The van der Waals surface area contributed by atoms with Gasteiger partial charge in [0.05, 0.1) is 12.1 Å². The standard InChI is InChI=1S/C18H14ClF2NO4/c1-24-14-8-10(6-7-13(14)26-18(20)21)9-25-17(23)16-15(19)11-4-2-3-5-12(11)22-16/h2-8,18,22H,9H2,1H3. The van der Waals surface area contributed by atoms with E-state index in [1.54, 1.807) is 12.1 Å². The highest BCUT2D eigenvalue weighted by Gasteiger charge is 2.18. The number of H-pyrrole nitrogens is 1. The van der Waals surface area contributed by atoms with E-state index in [2.05, 4.69) is 9.72 Å². The van der Waals surface area contributed by atoms with Crippen LogP contribution in [-0.4, -0.2) is 24.7 Å². The van der Waals surface area contributed by atoms with Crippen molar-refractivity contribution in [3.8, 4) is 11.5 Å². The lowest BCUT2D eigenvalue weighted by atomic mass is 10.2. The number of halogens is 3. The summed E-state index contributed by atoms with van der Waals surface area (Å²) in [5.74, 6) is -0.614. The van der Waals surface area contributed by atoms with E-state index < -0.39 is 12.6 Å². The Morgan fingerprint density at radius 2 is 1.96 bits per heavy atom. The van der Waals surface area contributed by atoms with Crippen LogP contribution < -0.4 is 9.47 Å². The van der Waals surface area contributed by atoms with Crippen LogP contribution in [0.2, 0.25) is 5.02 Å². The van der Waals surface area contributed by atoms with Gasteiger partial charge in [-0.15, -0.1) is 0 Å². The van der Waals surface area contributed by atoms with Crippen LogP contribution >= 0.6 is 11.6 Å². The normalized spacial score (nSPS) is 11.0. The lowest BCUT2D eigenvalue weighted by molar-refractivity contribution is -0.0512. The molecule has 0 saturated heterocycles. The lowest BCUT2D eigenvalue weighted by Crippen LogP contribution is -2.07. The van der Waals surface area contributed by atoms with E-state index in [4.69, 9.17) is 21.1 Å². The lowest BCUT2D eigenvalue weighted by Gasteiger charge is -2.11. The number of methoxy groups -OCH3 is 1. The number of hydrogen-bond donors (Lipinski definition) is 1. The molecular formula is C18H14ClF2NO4. The Bertz CT molecular complexity index is 942. The minimum Gasteiger partial charge on any atom is -0.493 e. The second-order valence-corrected chi connectivity index (χ2v) is 5.68. The quantitative estimate of drug-likeness (QED) is 0.624. The van der Waals surface area contributed by atoms with Crippen LogP contribution in [0.5, 0.6) is 11.5 Å². The minimum atomic E-state index is -2.96. The van der Waals surface area contributed by atoms with Crippen LogP contribution in [-0.2, 0) is 11.3 Å². The summed E-state index contributed by atoms with van der Waals surface area (Å²) in [7, 11) is 1.33. The second kappa shape index (κ2) is 7.61. The summed E-state index contributed by atoms with van der Waals surface area (Å²) in [4.78, 5) is 15.2. The number of alkyl halides is 2. The molecule has 0 aliphatic heterocycles. The van der Waals surface area contributed by atoms with E-state index in [0.29, 0.717) is 5.56 Å². The number of aromatic nitrogens is 1. The van der Waals surface area contributed by atoms with Gasteiger partial charge in [0, 0.05) is 10.9 Å². The summed E-state index contributed by atoms with van der Waals surface area (Å²) in [6.45, 7) is -3.05. The molecule has 0 saturated carbocycles. The zero-order chi connectivity index (χ0) is 18.7. The van der Waals surface area contributed by atoms with Gasteiger partial charge < -0.3 is 19.2 Å². The van der Waals surface area contributed by atoms with Crippen molar-refractivity contribution >= 4 is 28.5 Å². The van der Waals surface area contributed by atoms with E-state index in [0.717, 1.165) is 10.9 Å². The topological polar surface area (TPSA) is 60.5 Å². The number of benzene rings is 2. The Morgan fingerprint density at radius 1 is 1.19 bits per heavy atom. The number of carbonyl (C=O) groups excluding carboxylic acids is 1. The maximum atomic E-state index is 12.3. The molecule has 0 aliphatic carbocycles. The fraction of sp³-hybridized carbons (Fsp3) is 0.167. The fourth-order valence-corrected chi connectivity index (χ4v) is 2.75. The predicted molar refractivity (Wildman–Crippen MR) is 92.1 cm³/mol. The van der Waals surface area contributed by atoms with Crippen molar-refractivity contribution in [3.05, 3.63) is 58.7 Å². The maximum Gasteiger partial charge on any atom is 0.387 e. The summed E-state index contributed by atoms with van der Waals surface area (Å²) < 4.78 is 39.3. The van der Waals surface area contributed by atoms with Crippen molar-refractivity contribution in [2.24, 2.45) is 0 Å². The molecule has 2 aromatic carbocycles. The first-order valence-electron chi connectivity index (χ1n) is 7.54. The van der Waals surface area contributed by atoms with Crippen molar-refractivity contribution in [1.82, 2.24) is 4.98 Å². The Kier molecular flexibility index (Phi) is 5.27. The number of nitrogens with one attached hydrogen (secondary N) is 1. The minimum absolute atomic E-state index is 0.0875. The molecule has 3 rings (SSSR count). The Morgan fingerprint density at radius 3 is 2.65 bits per heavy atom. The zero-order valence-corrected chi connectivity index (χ0v) is 14.3. The number of aromatic amines is 1. The second-order valence-electron chi connectivity index (χ2n) is 5.30. The highest BCUT2D eigenvalue weighted by molar-refractivity contribution is 6.38. The molecule has 0 bridgehead atoms. The van der Waals surface area contributed by atoms with Crippen molar-refractivity contribution in [3.63, 3.8) is 0 Å². The Hall–Kier alpha value is -2.80. The van der Waals surface area contributed by atoms with Gasteiger partial charge in [-0.2, -0.15) is 8.78 Å². The number of fused-ring (bicyclic) bond motifs is 1. The molecule has 0 amide bonds. The summed E-state index contributed by atoms with van der Waals surface area (Å²) in [5.41, 5.74) is 1.42. The van der Waals surface area contributed by atoms with Gasteiger partial charge in [0.1, 0.15) is 12.3 Å². The summed E-state index contributed by atoms with van der Waals surface area (Å²) in [6, 6.07) is 11.5. The number of carbonyl (C=O) groups is 1. The average Bonchev–Trinajstić information content (AvgIpc) is 2.97. The summed E-state index contributed by atoms with van der Waals surface area (Å²) >= 11 is 6.21.